The molecule has 2 atom stereocenters. The van der Waals surface area contributed by atoms with Gasteiger partial charge < -0.3 is 15.0 Å². The highest BCUT2D eigenvalue weighted by Gasteiger charge is 2.39. The van der Waals surface area contributed by atoms with E-state index in [9.17, 15) is 4.79 Å². The summed E-state index contributed by atoms with van der Waals surface area (Å²) in [6.45, 7) is 1.98. The van der Waals surface area contributed by atoms with Gasteiger partial charge in [0.2, 0.25) is 0 Å². The van der Waals surface area contributed by atoms with Crippen molar-refractivity contribution in [2.45, 2.75) is 50.7 Å². The van der Waals surface area contributed by atoms with Gasteiger partial charge in [-0.05, 0) is 62.7 Å². The monoisotopic (exact) mass is 356 g/mol. The zero-order chi connectivity index (χ0) is 17.4. The lowest BCUT2D eigenvalue weighted by atomic mass is 9.98. The zero-order valence-corrected chi connectivity index (χ0v) is 15.5. The molecular formula is C20H24N2O2S. The summed E-state index contributed by atoms with van der Waals surface area (Å²) in [6.07, 6.45) is 4.20. The molecule has 2 aliphatic heterocycles. The van der Waals surface area contributed by atoms with E-state index in [1.807, 2.05) is 36.6 Å². The van der Waals surface area contributed by atoms with Crippen LogP contribution in [0.2, 0.25) is 0 Å². The molecule has 1 N–H and O–H groups in total. The van der Waals surface area contributed by atoms with Crippen LogP contribution in [0.25, 0.3) is 10.4 Å². The first kappa shape index (κ1) is 16.6. The third-order valence-electron chi connectivity index (χ3n) is 5.61. The fraction of sp³-hybridized carbons (Fsp3) is 0.450. The number of ether oxygens (including phenoxy) is 1. The van der Waals surface area contributed by atoms with Gasteiger partial charge >= 0.3 is 6.09 Å². The van der Waals surface area contributed by atoms with Crippen molar-refractivity contribution in [3.63, 3.8) is 0 Å². The number of para-hydroxylation sites is 1. The van der Waals surface area contributed by atoms with Crippen molar-refractivity contribution in [1.29, 1.82) is 0 Å². The third kappa shape index (κ3) is 3.31. The Morgan fingerprint density at radius 2 is 1.96 bits per heavy atom. The van der Waals surface area contributed by atoms with Crippen molar-refractivity contribution < 1.29 is 9.53 Å². The number of carbonyl (C=O) groups is 1. The molecule has 1 aromatic heterocycles. The van der Waals surface area contributed by atoms with Gasteiger partial charge in [-0.3, -0.25) is 0 Å². The fourth-order valence-electron chi connectivity index (χ4n) is 4.23. The van der Waals surface area contributed by atoms with Crippen molar-refractivity contribution in [3.8, 4) is 16.2 Å². The van der Waals surface area contributed by atoms with E-state index in [2.05, 4.69) is 23.3 Å². The van der Waals surface area contributed by atoms with Crippen molar-refractivity contribution in [3.05, 3.63) is 41.3 Å². The number of hydrogen-bond donors (Lipinski definition) is 1. The van der Waals surface area contributed by atoms with Gasteiger partial charge in [0.05, 0.1) is 0 Å². The van der Waals surface area contributed by atoms with Gasteiger partial charge in [0, 0.05) is 28.6 Å². The van der Waals surface area contributed by atoms with E-state index in [0.29, 0.717) is 17.8 Å². The Bertz CT molecular complexity index is 745. The molecule has 0 saturated carbocycles. The molecule has 2 fully saturated rings. The molecule has 2 unspecified atom stereocenters. The van der Waals surface area contributed by atoms with Crippen molar-refractivity contribution in [2.75, 3.05) is 7.05 Å². The first-order valence-electron chi connectivity index (χ1n) is 8.95. The van der Waals surface area contributed by atoms with Crippen LogP contribution in [0.5, 0.6) is 5.75 Å². The fourth-order valence-corrected chi connectivity index (χ4v) is 4.98. The van der Waals surface area contributed by atoms with Crippen LogP contribution < -0.4 is 10.1 Å². The van der Waals surface area contributed by atoms with Crippen LogP contribution in [-0.4, -0.2) is 36.2 Å². The average molecular weight is 356 g/mol. The Morgan fingerprint density at radius 3 is 2.64 bits per heavy atom. The first-order valence-corrected chi connectivity index (χ1v) is 9.83. The van der Waals surface area contributed by atoms with Crippen molar-refractivity contribution >= 4 is 17.4 Å². The Morgan fingerprint density at radius 1 is 1.20 bits per heavy atom. The smallest absolute Gasteiger partial charge is 0.409 e. The highest BCUT2D eigenvalue weighted by Crippen LogP contribution is 2.36. The lowest BCUT2D eigenvalue weighted by molar-refractivity contribution is 0.141. The molecule has 132 valence electrons. The standard InChI is InChI=1S/C20H24N2O2S/c1-13-5-3-6-17(18-7-4-10-25-18)19(13)24-20(23)21-14-11-15-8-9-16(12-14)22(15)2/h3-7,10,14-16H,8-9,11-12H2,1-2H3,(H,21,23). The van der Waals surface area contributed by atoms with Crippen LogP contribution in [0.4, 0.5) is 4.79 Å². The highest BCUT2D eigenvalue weighted by molar-refractivity contribution is 7.13. The van der Waals surface area contributed by atoms with E-state index in [0.717, 1.165) is 28.8 Å². The third-order valence-corrected chi connectivity index (χ3v) is 6.52. The molecule has 4 nitrogen and oxygen atoms in total. The number of hydrogen-bond acceptors (Lipinski definition) is 4. The van der Waals surface area contributed by atoms with E-state index in [1.54, 1.807) is 11.3 Å². The lowest BCUT2D eigenvalue weighted by Crippen LogP contribution is -2.49. The second kappa shape index (κ2) is 6.81. The SMILES string of the molecule is Cc1cccc(-c2cccs2)c1OC(=O)NC1CC2CCC(C1)N2C. The number of fused-ring (bicyclic) bond motifs is 2. The zero-order valence-electron chi connectivity index (χ0n) is 14.7. The maximum Gasteiger partial charge on any atom is 0.412 e. The van der Waals surface area contributed by atoms with E-state index in [-0.39, 0.29) is 12.1 Å². The predicted octanol–water partition coefficient (Wildman–Crippen LogP) is 4.44. The molecule has 2 saturated heterocycles. The van der Waals surface area contributed by atoms with Gasteiger partial charge in [0.25, 0.3) is 0 Å². The van der Waals surface area contributed by atoms with Crippen molar-refractivity contribution in [2.24, 2.45) is 0 Å². The summed E-state index contributed by atoms with van der Waals surface area (Å²) in [5.74, 6) is 0.665. The van der Waals surface area contributed by atoms with E-state index in [1.165, 1.54) is 12.8 Å². The Balaban J connectivity index is 1.47. The lowest BCUT2D eigenvalue weighted by Gasteiger charge is -2.36. The minimum Gasteiger partial charge on any atom is -0.409 e. The van der Waals surface area contributed by atoms with Crippen LogP contribution in [0.15, 0.2) is 35.7 Å². The van der Waals surface area contributed by atoms with Crippen molar-refractivity contribution in [1.82, 2.24) is 10.2 Å². The van der Waals surface area contributed by atoms with E-state index < -0.39 is 0 Å². The number of nitrogens with one attached hydrogen (secondary N) is 1. The van der Waals surface area contributed by atoms with Crippen LogP contribution >= 0.6 is 11.3 Å². The van der Waals surface area contributed by atoms with Gasteiger partial charge in [0.1, 0.15) is 5.75 Å². The number of thiophene rings is 1. The second-order valence-corrected chi connectivity index (χ2v) is 8.13. The Hall–Kier alpha value is -1.85. The molecule has 0 spiro atoms. The van der Waals surface area contributed by atoms with Gasteiger partial charge in [-0.25, -0.2) is 4.79 Å². The summed E-state index contributed by atoms with van der Waals surface area (Å²) in [6, 6.07) is 11.5. The maximum absolute atomic E-state index is 12.5. The van der Waals surface area contributed by atoms with Gasteiger partial charge in [0.15, 0.2) is 0 Å². The number of rotatable bonds is 3. The predicted molar refractivity (Wildman–Crippen MR) is 101 cm³/mol. The molecule has 1 amide bonds. The summed E-state index contributed by atoms with van der Waals surface area (Å²) in [5, 5.41) is 5.14. The quantitative estimate of drug-likeness (QED) is 0.884. The summed E-state index contributed by atoms with van der Waals surface area (Å²) < 4.78 is 5.76. The molecule has 0 aliphatic carbocycles. The molecule has 25 heavy (non-hydrogen) atoms. The Labute approximate surface area is 152 Å². The van der Waals surface area contributed by atoms with Crippen LogP contribution in [0.3, 0.4) is 0 Å². The van der Waals surface area contributed by atoms with Gasteiger partial charge in [-0.1, -0.05) is 18.2 Å². The van der Waals surface area contributed by atoms with Crippen LogP contribution in [0, 0.1) is 6.92 Å². The normalized spacial score (nSPS) is 25.8. The molecule has 4 rings (SSSR count). The maximum atomic E-state index is 12.5. The summed E-state index contributed by atoms with van der Waals surface area (Å²) in [5.41, 5.74) is 1.96. The molecule has 2 aliphatic rings. The molecule has 5 heteroatoms. The highest BCUT2D eigenvalue weighted by atomic mass is 32.1. The first-order chi connectivity index (χ1) is 12.1. The number of nitrogens with zero attached hydrogens (tertiary/aromatic N) is 1. The van der Waals surface area contributed by atoms with Crippen LogP contribution in [-0.2, 0) is 0 Å². The molecule has 2 bridgehead atoms. The van der Waals surface area contributed by atoms with E-state index in [4.69, 9.17) is 4.74 Å². The largest absolute Gasteiger partial charge is 0.412 e. The number of carbonyl (C=O) groups excluding carboxylic acids is 1. The van der Waals surface area contributed by atoms with Crippen LogP contribution in [0.1, 0.15) is 31.2 Å². The Kier molecular flexibility index (Phi) is 4.52. The second-order valence-electron chi connectivity index (χ2n) is 7.18. The number of benzene rings is 1. The van der Waals surface area contributed by atoms with E-state index >= 15 is 0 Å². The molecule has 0 radical (unpaired) electrons. The minimum absolute atomic E-state index is 0.218. The van der Waals surface area contributed by atoms with Gasteiger partial charge in [-0.2, -0.15) is 0 Å². The number of piperidine rings is 1. The molecule has 1 aromatic carbocycles. The topological polar surface area (TPSA) is 41.6 Å². The molecule has 3 heterocycles. The molecular weight excluding hydrogens is 332 g/mol. The summed E-state index contributed by atoms with van der Waals surface area (Å²) in [4.78, 5) is 16.1. The summed E-state index contributed by atoms with van der Waals surface area (Å²) >= 11 is 1.65. The average Bonchev–Trinajstić information content (AvgIpc) is 3.17. The molecule has 2 aromatic rings. The number of aryl methyl sites for hydroxylation is 1. The van der Waals surface area contributed by atoms with Gasteiger partial charge in [-0.15, -0.1) is 11.3 Å². The summed E-state index contributed by atoms with van der Waals surface area (Å²) in [7, 11) is 2.21. The minimum atomic E-state index is -0.332. The number of amides is 1.